The zero-order chi connectivity index (χ0) is 25.4. The van der Waals surface area contributed by atoms with E-state index in [1.165, 1.54) is 23.9 Å². The number of carbonyl (C=O) groups excluding carboxylic acids is 1. The third-order valence-corrected chi connectivity index (χ3v) is 9.40. The number of amidine groups is 1. The number of nitrogens with zero attached hydrogens (tertiary/aromatic N) is 2. The predicted molar refractivity (Wildman–Crippen MR) is 142 cm³/mol. The van der Waals surface area contributed by atoms with Gasteiger partial charge >= 0.3 is 0 Å². The third-order valence-electron chi connectivity index (χ3n) is 5.95. The number of anilines is 1. The van der Waals surface area contributed by atoms with Crippen molar-refractivity contribution in [2.24, 2.45) is 4.99 Å². The fourth-order valence-corrected chi connectivity index (χ4v) is 8.43. The first-order valence-electron chi connectivity index (χ1n) is 11.2. The Morgan fingerprint density at radius 3 is 2.67 bits per heavy atom. The van der Waals surface area contributed by atoms with E-state index in [1.807, 2.05) is 31.2 Å². The molecule has 5 rings (SSSR count). The summed E-state index contributed by atoms with van der Waals surface area (Å²) in [5.74, 6) is 0.220. The largest absolute Gasteiger partial charge is 0.455 e. The molecule has 10 heteroatoms. The first-order chi connectivity index (χ1) is 17.2. The highest BCUT2D eigenvalue weighted by Gasteiger charge is 2.50. The first-order valence-corrected chi connectivity index (χ1v) is 14.3. The van der Waals surface area contributed by atoms with Gasteiger partial charge in [-0.15, -0.1) is 0 Å². The molecular formula is C26H22ClFN2O4S2. The molecule has 2 aliphatic rings. The van der Waals surface area contributed by atoms with Crippen LogP contribution in [-0.2, 0) is 21.1 Å². The minimum atomic E-state index is -3.25. The van der Waals surface area contributed by atoms with Crippen LogP contribution in [-0.4, -0.2) is 42.3 Å². The van der Waals surface area contributed by atoms with Crippen LogP contribution in [0.4, 0.5) is 10.1 Å². The van der Waals surface area contributed by atoms with Gasteiger partial charge in [0.15, 0.2) is 20.8 Å². The van der Waals surface area contributed by atoms with E-state index in [2.05, 4.69) is 4.99 Å². The van der Waals surface area contributed by atoms with Gasteiger partial charge in [-0.05, 0) is 60.5 Å². The Bertz CT molecular complexity index is 1460. The minimum absolute atomic E-state index is 0.00135. The lowest BCUT2D eigenvalue weighted by molar-refractivity contribution is -0.117. The van der Waals surface area contributed by atoms with Gasteiger partial charge in [-0.3, -0.25) is 4.79 Å². The van der Waals surface area contributed by atoms with Gasteiger partial charge in [0, 0.05) is 10.3 Å². The number of benzene rings is 3. The smallest absolute Gasteiger partial charge is 0.252 e. The second-order valence-electron chi connectivity index (χ2n) is 8.79. The van der Waals surface area contributed by atoms with Gasteiger partial charge in [-0.2, -0.15) is 4.99 Å². The van der Waals surface area contributed by atoms with Gasteiger partial charge in [-0.25, -0.2) is 12.8 Å². The van der Waals surface area contributed by atoms with Crippen LogP contribution in [0.15, 0.2) is 71.7 Å². The summed E-state index contributed by atoms with van der Waals surface area (Å²) in [6.07, 6.45) is -0.00595. The summed E-state index contributed by atoms with van der Waals surface area (Å²) >= 11 is 7.62. The molecule has 36 heavy (non-hydrogen) atoms. The van der Waals surface area contributed by atoms with Gasteiger partial charge in [0.25, 0.3) is 5.91 Å². The molecule has 0 unspecified atom stereocenters. The molecule has 2 aliphatic heterocycles. The molecule has 0 saturated carbocycles. The molecule has 3 aromatic rings. The number of rotatable bonds is 5. The summed E-state index contributed by atoms with van der Waals surface area (Å²) in [6.45, 7) is 1.96. The van der Waals surface area contributed by atoms with E-state index in [-0.39, 0.29) is 29.0 Å². The molecule has 0 radical (unpaired) electrons. The molecule has 1 amide bonds. The molecule has 0 aromatic heterocycles. The van der Waals surface area contributed by atoms with Crippen molar-refractivity contribution in [1.29, 1.82) is 0 Å². The average molecular weight is 545 g/mol. The summed E-state index contributed by atoms with van der Waals surface area (Å²) < 4.78 is 44.4. The highest BCUT2D eigenvalue weighted by atomic mass is 35.5. The molecule has 186 valence electrons. The van der Waals surface area contributed by atoms with E-state index in [9.17, 15) is 17.6 Å². The summed E-state index contributed by atoms with van der Waals surface area (Å²) in [6, 6.07) is 17.9. The molecule has 2 fully saturated rings. The first kappa shape index (κ1) is 24.8. The highest BCUT2D eigenvalue weighted by Crippen LogP contribution is 2.45. The second-order valence-corrected chi connectivity index (χ2v) is 12.6. The molecule has 0 bridgehead atoms. The number of hydrogen-bond donors (Lipinski definition) is 0. The van der Waals surface area contributed by atoms with Crippen LogP contribution < -0.4 is 9.64 Å². The SMILES string of the molecule is Cc1cccc(Oc2ccc(Cl)cc2N2C(=NC(=O)Cc3ccc(F)cc3)S[C@H]3CS(=O)(=O)C[C@@H]32)c1. The zero-order valence-electron chi connectivity index (χ0n) is 19.2. The lowest BCUT2D eigenvalue weighted by Gasteiger charge is -2.27. The van der Waals surface area contributed by atoms with Crippen molar-refractivity contribution in [2.45, 2.75) is 24.6 Å². The minimum Gasteiger partial charge on any atom is -0.455 e. The standard InChI is InChI=1S/C26H22ClFN2O4S2/c1-16-3-2-4-20(11-16)34-23-10-7-18(27)13-21(23)30-22-14-36(32,33)15-24(22)35-26(30)29-25(31)12-17-5-8-19(28)9-6-17/h2-11,13,22,24H,12,14-15H2,1H3/t22-,24-/m0/s1. The zero-order valence-corrected chi connectivity index (χ0v) is 21.6. The molecule has 0 spiro atoms. The molecule has 2 heterocycles. The maximum absolute atomic E-state index is 13.2. The van der Waals surface area contributed by atoms with Crippen LogP contribution in [0, 0.1) is 12.7 Å². The lowest BCUT2D eigenvalue weighted by Crippen LogP contribution is -2.38. The van der Waals surface area contributed by atoms with Crippen molar-refractivity contribution in [1.82, 2.24) is 0 Å². The van der Waals surface area contributed by atoms with Gasteiger partial charge in [0.1, 0.15) is 11.6 Å². The van der Waals surface area contributed by atoms with E-state index in [1.54, 1.807) is 35.2 Å². The van der Waals surface area contributed by atoms with Crippen molar-refractivity contribution >= 4 is 50.0 Å². The van der Waals surface area contributed by atoms with Crippen LogP contribution in [0.2, 0.25) is 5.02 Å². The van der Waals surface area contributed by atoms with Crippen molar-refractivity contribution in [3.63, 3.8) is 0 Å². The topological polar surface area (TPSA) is 76.0 Å². The lowest BCUT2D eigenvalue weighted by atomic mass is 10.1. The molecule has 2 atom stereocenters. The van der Waals surface area contributed by atoms with E-state index >= 15 is 0 Å². The van der Waals surface area contributed by atoms with Gasteiger partial charge in [0.2, 0.25) is 0 Å². The quantitative estimate of drug-likeness (QED) is 0.427. The molecule has 3 aromatic carbocycles. The number of ether oxygens (including phenoxy) is 1. The van der Waals surface area contributed by atoms with E-state index < -0.39 is 21.8 Å². The van der Waals surface area contributed by atoms with Crippen molar-refractivity contribution < 1.29 is 22.3 Å². The Labute approximate surface area is 218 Å². The van der Waals surface area contributed by atoms with Crippen LogP contribution >= 0.6 is 23.4 Å². The molecular weight excluding hydrogens is 523 g/mol. The normalized spacial score (nSPS) is 21.5. The summed E-state index contributed by atoms with van der Waals surface area (Å²) in [5.41, 5.74) is 2.19. The van der Waals surface area contributed by atoms with Crippen LogP contribution in [0.5, 0.6) is 11.5 Å². The molecule has 0 N–H and O–H groups in total. The number of amides is 1. The van der Waals surface area contributed by atoms with E-state index in [4.69, 9.17) is 16.3 Å². The van der Waals surface area contributed by atoms with Crippen molar-refractivity contribution in [2.75, 3.05) is 16.4 Å². The van der Waals surface area contributed by atoms with E-state index in [0.29, 0.717) is 32.9 Å². The second kappa shape index (κ2) is 9.88. The van der Waals surface area contributed by atoms with Gasteiger partial charge in [0.05, 0.1) is 29.7 Å². The Morgan fingerprint density at radius 1 is 1.14 bits per heavy atom. The van der Waals surface area contributed by atoms with Crippen molar-refractivity contribution in [3.8, 4) is 11.5 Å². The maximum atomic E-state index is 13.2. The number of aliphatic imine (C=N–C) groups is 1. The monoisotopic (exact) mass is 544 g/mol. The van der Waals surface area contributed by atoms with Crippen LogP contribution in [0.1, 0.15) is 11.1 Å². The Hall–Kier alpha value is -2.88. The maximum Gasteiger partial charge on any atom is 0.252 e. The van der Waals surface area contributed by atoms with Gasteiger partial charge in [-0.1, -0.05) is 47.6 Å². The molecule has 2 saturated heterocycles. The predicted octanol–water partition coefficient (Wildman–Crippen LogP) is 5.42. The Morgan fingerprint density at radius 2 is 1.92 bits per heavy atom. The number of aryl methyl sites for hydroxylation is 1. The third kappa shape index (κ3) is 5.43. The number of carbonyl (C=O) groups is 1. The molecule has 6 nitrogen and oxygen atoms in total. The molecule has 0 aliphatic carbocycles. The number of fused-ring (bicyclic) bond motifs is 1. The number of hydrogen-bond acceptors (Lipinski definition) is 5. The summed E-state index contributed by atoms with van der Waals surface area (Å²) in [4.78, 5) is 19.0. The van der Waals surface area contributed by atoms with Crippen LogP contribution in [0.3, 0.4) is 0 Å². The number of halogens is 2. The summed E-state index contributed by atoms with van der Waals surface area (Å²) in [7, 11) is -3.25. The van der Waals surface area contributed by atoms with Gasteiger partial charge < -0.3 is 9.64 Å². The van der Waals surface area contributed by atoms with E-state index in [0.717, 1.165) is 5.56 Å². The summed E-state index contributed by atoms with van der Waals surface area (Å²) in [5, 5.41) is 0.550. The van der Waals surface area contributed by atoms with Crippen LogP contribution in [0.25, 0.3) is 0 Å². The fraction of sp³-hybridized carbons (Fsp3) is 0.231. The average Bonchev–Trinajstić information content (AvgIpc) is 3.27. The number of sulfone groups is 1. The highest BCUT2D eigenvalue weighted by molar-refractivity contribution is 8.16. The fourth-order valence-electron chi connectivity index (χ4n) is 4.34. The van der Waals surface area contributed by atoms with Crippen molar-refractivity contribution in [3.05, 3.63) is 88.7 Å². The Kier molecular flexibility index (Phi) is 6.80. The Balaban J connectivity index is 1.52. The number of thioether (sulfide) groups is 1.